The lowest BCUT2D eigenvalue weighted by atomic mass is 10.4. The Bertz CT molecular complexity index is 225. The normalized spacial score (nSPS) is 23.9. The van der Waals surface area contributed by atoms with Gasteiger partial charge >= 0.3 is 0 Å². The standard InChI is InChI=1S/C8H16N2OS/c1-7-8(2)12(9)6-10(7)4-5-11-3/h9H,4-6H2,1-3H3. The zero-order chi connectivity index (χ0) is 9.14. The van der Waals surface area contributed by atoms with E-state index in [1.807, 2.05) is 0 Å². The summed E-state index contributed by atoms with van der Waals surface area (Å²) in [5.41, 5.74) is 1.27. The number of hydrogen-bond acceptors (Lipinski definition) is 3. The molecule has 1 heterocycles. The Kier molecular flexibility index (Phi) is 3.29. The topological polar surface area (TPSA) is 36.3 Å². The highest BCUT2D eigenvalue weighted by Crippen LogP contribution is 2.22. The van der Waals surface area contributed by atoms with Crippen LogP contribution < -0.4 is 0 Å². The molecule has 12 heavy (non-hydrogen) atoms. The zero-order valence-electron chi connectivity index (χ0n) is 7.89. The minimum Gasteiger partial charge on any atom is -0.383 e. The number of ether oxygens (including phenoxy) is 1. The Morgan fingerprint density at radius 2 is 2.25 bits per heavy atom. The predicted octanol–water partition coefficient (Wildman–Crippen LogP) is 1.54. The van der Waals surface area contributed by atoms with E-state index in [4.69, 9.17) is 9.52 Å². The third-order valence-corrected chi connectivity index (χ3v) is 3.81. The van der Waals surface area contributed by atoms with Crippen LogP contribution in [0, 0.1) is 4.78 Å². The molecule has 0 radical (unpaired) electrons. The van der Waals surface area contributed by atoms with Gasteiger partial charge < -0.3 is 9.64 Å². The molecule has 1 unspecified atom stereocenters. The average Bonchev–Trinajstić information content (AvgIpc) is 2.30. The first-order valence-electron chi connectivity index (χ1n) is 4.00. The van der Waals surface area contributed by atoms with Crippen LogP contribution in [0.15, 0.2) is 10.6 Å². The van der Waals surface area contributed by atoms with Gasteiger partial charge in [0.1, 0.15) is 0 Å². The lowest BCUT2D eigenvalue weighted by Crippen LogP contribution is -2.23. The summed E-state index contributed by atoms with van der Waals surface area (Å²) in [5.74, 6) is 0.862. The molecule has 0 saturated carbocycles. The van der Waals surface area contributed by atoms with Gasteiger partial charge in [0.05, 0.1) is 12.5 Å². The van der Waals surface area contributed by atoms with E-state index in [0.29, 0.717) is 0 Å². The molecule has 0 spiro atoms. The van der Waals surface area contributed by atoms with Gasteiger partial charge in [-0.05, 0) is 13.8 Å². The van der Waals surface area contributed by atoms with Crippen LogP contribution in [-0.4, -0.2) is 31.0 Å². The smallest absolute Gasteiger partial charge is 0.0783 e. The van der Waals surface area contributed by atoms with Crippen molar-refractivity contribution < 1.29 is 4.74 Å². The van der Waals surface area contributed by atoms with Crippen molar-refractivity contribution in [1.82, 2.24) is 4.90 Å². The fourth-order valence-electron chi connectivity index (χ4n) is 1.18. The summed E-state index contributed by atoms with van der Waals surface area (Å²) in [7, 11) is 1.43. The number of methoxy groups -OCH3 is 1. The van der Waals surface area contributed by atoms with Gasteiger partial charge in [-0.3, -0.25) is 4.78 Å². The van der Waals surface area contributed by atoms with Crippen LogP contribution in [-0.2, 0) is 15.4 Å². The summed E-state index contributed by atoms with van der Waals surface area (Å²) in [5, 5.41) is 0. The molecule has 1 aliphatic heterocycles. The van der Waals surface area contributed by atoms with Gasteiger partial charge in [-0.1, -0.05) is 10.7 Å². The minimum atomic E-state index is -0.281. The van der Waals surface area contributed by atoms with Gasteiger partial charge in [-0.2, -0.15) is 0 Å². The molecular formula is C8H16N2OS. The van der Waals surface area contributed by atoms with E-state index in [2.05, 4.69) is 18.7 Å². The van der Waals surface area contributed by atoms with E-state index in [9.17, 15) is 0 Å². The maximum absolute atomic E-state index is 7.72. The van der Waals surface area contributed by atoms with Gasteiger partial charge in [-0.15, -0.1) is 0 Å². The molecule has 0 saturated heterocycles. The van der Waals surface area contributed by atoms with E-state index in [0.717, 1.165) is 19.0 Å². The maximum Gasteiger partial charge on any atom is 0.0783 e. The van der Waals surface area contributed by atoms with Crippen LogP contribution in [0.1, 0.15) is 13.8 Å². The number of hydrogen-bond donors (Lipinski definition) is 1. The quantitative estimate of drug-likeness (QED) is 0.729. The second-order valence-electron chi connectivity index (χ2n) is 2.92. The summed E-state index contributed by atoms with van der Waals surface area (Å²) < 4.78 is 12.7. The highest BCUT2D eigenvalue weighted by Gasteiger charge is 2.18. The fraction of sp³-hybridized carbons (Fsp3) is 0.750. The molecule has 1 atom stereocenters. The summed E-state index contributed by atoms with van der Waals surface area (Å²) in [6.45, 7) is 5.81. The molecule has 1 aliphatic rings. The van der Waals surface area contributed by atoms with Crippen LogP contribution in [0.25, 0.3) is 0 Å². The summed E-state index contributed by atoms with van der Waals surface area (Å²) in [6.07, 6.45) is 0. The van der Waals surface area contributed by atoms with E-state index in [1.54, 1.807) is 7.11 Å². The molecule has 0 aliphatic carbocycles. The average molecular weight is 188 g/mol. The monoisotopic (exact) mass is 188 g/mol. The Morgan fingerprint density at radius 1 is 1.58 bits per heavy atom. The van der Waals surface area contributed by atoms with E-state index >= 15 is 0 Å². The van der Waals surface area contributed by atoms with Crippen LogP contribution in [0.3, 0.4) is 0 Å². The van der Waals surface area contributed by atoms with Crippen molar-refractivity contribution >= 4 is 10.7 Å². The van der Waals surface area contributed by atoms with Crippen molar-refractivity contribution in [3.63, 3.8) is 0 Å². The molecular weight excluding hydrogens is 172 g/mol. The largest absolute Gasteiger partial charge is 0.383 e. The van der Waals surface area contributed by atoms with E-state index in [1.165, 1.54) is 10.6 Å². The van der Waals surface area contributed by atoms with Crippen LogP contribution in [0.5, 0.6) is 0 Å². The Morgan fingerprint density at radius 3 is 2.67 bits per heavy atom. The molecule has 0 aromatic carbocycles. The SMILES string of the molecule is COCCN1CS(=N)C(C)=C1C. The predicted molar refractivity (Wildman–Crippen MR) is 51.9 cm³/mol. The third-order valence-electron chi connectivity index (χ3n) is 2.20. The van der Waals surface area contributed by atoms with Crippen LogP contribution in [0.2, 0.25) is 0 Å². The first-order valence-corrected chi connectivity index (χ1v) is 5.39. The van der Waals surface area contributed by atoms with Gasteiger partial charge in [0.2, 0.25) is 0 Å². The Labute approximate surface area is 76.3 Å². The molecule has 0 aromatic rings. The van der Waals surface area contributed by atoms with E-state index in [-0.39, 0.29) is 10.7 Å². The van der Waals surface area contributed by atoms with Crippen molar-refractivity contribution in [2.75, 3.05) is 26.1 Å². The first-order chi connectivity index (χ1) is 5.66. The lowest BCUT2D eigenvalue weighted by Gasteiger charge is -2.18. The molecule has 4 heteroatoms. The number of allylic oxidation sites excluding steroid dienone is 2. The summed E-state index contributed by atoms with van der Waals surface area (Å²) >= 11 is 0. The molecule has 0 amide bonds. The molecule has 0 aromatic heterocycles. The van der Waals surface area contributed by atoms with Crippen molar-refractivity contribution in [3.05, 3.63) is 10.6 Å². The molecule has 1 N–H and O–H groups in total. The first kappa shape index (κ1) is 9.74. The van der Waals surface area contributed by atoms with Crippen LogP contribution >= 0.6 is 0 Å². The second-order valence-corrected chi connectivity index (χ2v) is 4.57. The summed E-state index contributed by atoms with van der Waals surface area (Å²) in [6, 6.07) is 0. The van der Waals surface area contributed by atoms with Crippen molar-refractivity contribution in [3.8, 4) is 0 Å². The minimum absolute atomic E-state index is 0.281. The zero-order valence-corrected chi connectivity index (χ0v) is 8.70. The second kappa shape index (κ2) is 4.05. The van der Waals surface area contributed by atoms with Crippen LogP contribution in [0.4, 0.5) is 0 Å². The Hall–Kier alpha value is -0.350. The number of nitrogens with zero attached hydrogens (tertiary/aromatic N) is 1. The molecule has 70 valence electrons. The molecule has 1 rings (SSSR count). The Balaban J connectivity index is 2.55. The van der Waals surface area contributed by atoms with E-state index < -0.39 is 0 Å². The third kappa shape index (κ3) is 1.87. The van der Waals surface area contributed by atoms with Crippen molar-refractivity contribution in [2.24, 2.45) is 0 Å². The van der Waals surface area contributed by atoms with Gasteiger partial charge in [0, 0.05) is 24.3 Å². The molecule has 3 nitrogen and oxygen atoms in total. The van der Waals surface area contributed by atoms with Gasteiger partial charge in [0.25, 0.3) is 0 Å². The van der Waals surface area contributed by atoms with Gasteiger partial charge in [0.15, 0.2) is 0 Å². The summed E-state index contributed by atoms with van der Waals surface area (Å²) in [4.78, 5) is 3.46. The van der Waals surface area contributed by atoms with Crippen molar-refractivity contribution in [2.45, 2.75) is 13.8 Å². The fourth-order valence-corrected chi connectivity index (χ4v) is 2.50. The highest BCUT2D eigenvalue weighted by atomic mass is 32.2. The highest BCUT2D eigenvalue weighted by molar-refractivity contribution is 7.90. The lowest BCUT2D eigenvalue weighted by molar-refractivity contribution is 0.172. The number of nitrogens with one attached hydrogen (secondary N) is 1. The molecule has 0 fully saturated rings. The maximum atomic E-state index is 7.72. The van der Waals surface area contributed by atoms with Crippen molar-refractivity contribution in [1.29, 1.82) is 4.78 Å². The van der Waals surface area contributed by atoms with Gasteiger partial charge in [-0.25, -0.2) is 0 Å². The number of rotatable bonds is 3. The molecule has 0 bridgehead atoms.